The van der Waals surface area contributed by atoms with E-state index in [1.807, 2.05) is 19.1 Å². The van der Waals surface area contributed by atoms with E-state index in [1.165, 1.54) is 14.4 Å². The molecule has 7 rings (SSSR count). The lowest BCUT2D eigenvalue weighted by Gasteiger charge is -2.27. The number of aliphatic carboxylic acids is 1. The fourth-order valence-electron chi connectivity index (χ4n) is 7.43. The molecule has 19 heteroatoms. The second-order valence-electron chi connectivity index (χ2n) is 14.2. The average molecular weight is 936 g/mol. The van der Waals surface area contributed by atoms with Gasteiger partial charge < -0.3 is 14.7 Å². The van der Waals surface area contributed by atoms with E-state index < -0.39 is 23.6 Å². The van der Waals surface area contributed by atoms with Crippen LogP contribution in [0.2, 0.25) is 0 Å². The second kappa shape index (κ2) is 19.2. The van der Waals surface area contributed by atoms with E-state index in [4.69, 9.17) is 29.2 Å². The molecule has 2 amide bonds. The van der Waals surface area contributed by atoms with Crippen LogP contribution < -0.4 is 34.4 Å². The standard InChI is InChI=1S/C42H41N5O8S6/c1-4-7-8-9-16-45-28-14-10-24(19-30-35(51)46(21-32(49)50)39(58-30)33-37(53)43(5-2)41(56)60-33)17-26(28)12-13-27-18-25(11-15-29(27)45)20-31-36(52)47(22-55-23-48)40(59-31)34-38(54)44(6-3)42(57)61-34/h10-11,14-15,17-20,23H,4-9,12-13,16,21-22H2,1-3H3,(H,49,50). The van der Waals surface area contributed by atoms with Crippen molar-refractivity contribution in [2.75, 3.05) is 24.5 Å². The summed E-state index contributed by atoms with van der Waals surface area (Å²) in [6.07, 6.45) is 9.16. The highest BCUT2D eigenvalue weighted by Gasteiger charge is 2.34. The first-order chi connectivity index (χ1) is 29.4. The number of nitrogens with zero attached hydrogens (tertiary/aromatic N) is 5. The number of carboxylic acid groups (broad SMARTS) is 1. The Morgan fingerprint density at radius 2 is 1.25 bits per heavy atom. The number of thiocarbonyl (C=S) groups is 2. The summed E-state index contributed by atoms with van der Waals surface area (Å²) in [7, 11) is 0. The van der Waals surface area contributed by atoms with E-state index in [9.17, 15) is 33.9 Å². The Morgan fingerprint density at radius 3 is 1.70 bits per heavy atom. The van der Waals surface area contributed by atoms with Gasteiger partial charge in [0.05, 0.1) is 9.06 Å². The zero-order valence-electron chi connectivity index (χ0n) is 33.5. The number of hydrogen-bond donors (Lipinski definition) is 1. The number of aryl methyl sites for hydroxylation is 2. The van der Waals surface area contributed by atoms with Crippen LogP contribution >= 0.6 is 70.6 Å². The molecule has 0 unspecified atom stereocenters. The number of thioether (sulfide) groups is 2. The number of rotatable bonds is 14. The highest BCUT2D eigenvalue weighted by atomic mass is 32.2. The minimum absolute atomic E-state index is 0.247. The Bertz CT molecular complexity index is 2880. The molecular weight excluding hydrogens is 895 g/mol. The molecule has 2 aromatic carbocycles. The van der Waals surface area contributed by atoms with Crippen molar-refractivity contribution in [3.05, 3.63) is 97.7 Å². The fourth-order valence-corrected chi connectivity index (χ4v) is 12.7. The molecule has 3 aliphatic rings. The van der Waals surface area contributed by atoms with E-state index >= 15 is 0 Å². The summed E-state index contributed by atoms with van der Waals surface area (Å²) in [5.41, 5.74) is 4.94. The van der Waals surface area contributed by atoms with Crippen molar-refractivity contribution in [2.45, 2.75) is 72.6 Å². The summed E-state index contributed by atoms with van der Waals surface area (Å²) in [6, 6.07) is 12.2. The number of benzene rings is 2. The molecule has 5 heterocycles. The third-order valence-corrected chi connectivity index (χ3v) is 15.8. The lowest BCUT2D eigenvalue weighted by Crippen LogP contribution is -2.35. The molecule has 318 valence electrons. The minimum atomic E-state index is -1.20. The molecule has 13 nitrogen and oxygen atoms in total. The molecule has 2 aromatic heterocycles. The molecule has 0 saturated carbocycles. The molecule has 0 atom stereocenters. The fraction of sp³-hybridized carbons (Fsp3) is 0.333. The summed E-state index contributed by atoms with van der Waals surface area (Å²) in [4.78, 5) is 82.8. The summed E-state index contributed by atoms with van der Waals surface area (Å²) >= 11 is 15.2. The van der Waals surface area contributed by atoms with Gasteiger partial charge in [-0.2, -0.15) is 0 Å². The molecule has 3 aliphatic heterocycles. The summed E-state index contributed by atoms with van der Waals surface area (Å²) < 4.78 is 9.51. The summed E-state index contributed by atoms with van der Waals surface area (Å²) in [5.74, 6) is -1.84. The van der Waals surface area contributed by atoms with Gasteiger partial charge in [0.15, 0.2) is 6.73 Å². The molecule has 0 aliphatic carbocycles. The molecule has 0 spiro atoms. The van der Waals surface area contributed by atoms with Crippen molar-refractivity contribution < 1.29 is 29.0 Å². The van der Waals surface area contributed by atoms with Gasteiger partial charge >= 0.3 is 5.97 Å². The van der Waals surface area contributed by atoms with Crippen molar-refractivity contribution in [3.8, 4) is 0 Å². The topological polar surface area (TPSA) is 151 Å². The SMILES string of the molecule is CCCCCCN1c2ccc(C=c3sc(=C4SC(=S)N(CC)C4=O)n(COC=O)c3=O)cc2CCc2cc(C=c3sc(=C4SC(=S)N(CC)C4=O)n(CC(=O)O)c3=O)ccc21. The minimum Gasteiger partial charge on any atom is -0.480 e. The van der Waals surface area contributed by atoms with Crippen molar-refractivity contribution in [1.29, 1.82) is 0 Å². The zero-order chi connectivity index (χ0) is 43.5. The van der Waals surface area contributed by atoms with Crippen molar-refractivity contribution in [1.82, 2.24) is 18.9 Å². The number of anilines is 2. The van der Waals surface area contributed by atoms with Crippen LogP contribution in [0.25, 0.3) is 22.0 Å². The van der Waals surface area contributed by atoms with Crippen LogP contribution in [0.15, 0.2) is 46.0 Å². The molecule has 0 radical (unpaired) electrons. The third kappa shape index (κ3) is 8.99. The third-order valence-electron chi connectivity index (χ3n) is 10.4. The quantitative estimate of drug-likeness (QED) is 0.111. The lowest BCUT2D eigenvalue weighted by atomic mass is 10.0. The number of carbonyl (C=O) groups is 4. The van der Waals surface area contributed by atoms with Crippen molar-refractivity contribution in [2.24, 2.45) is 0 Å². The molecule has 61 heavy (non-hydrogen) atoms. The van der Waals surface area contributed by atoms with Gasteiger partial charge in [0.1, 0.15) is 34.3 Å². The van der Waals surface area contributed by atoms with Crippen LogP contribution in [-0.2, 0) is 50.0 Å². The highest BCUT2D eigenvalue weighted by molar-refractivity contribution is 8.30. The Labute approximate surface area is 377 Å². The first-order valence-electron chi connectivity index (χ1n) is 19.7. The number of thiazole rings is 2. The number of unbranched alkanes of at least 4 members (excludes halogenated alkanes) is 3. The van der Waals surface area contributed by atoms with E-state index in [0.29, 0.717) is 53.2 Å². The lowest BCUT2D eigenvalue weighted by molar-refractivity contribution is -0.138. The first-order valence-corrected chi connectivity index (χ1v) is 23.8. The van der Waals surface area contributed by atoms with Crippen molar-refractivity contribution >= 4 is 137 Å². The van der Waals surface area contributed by atoms with Crippen LogP contribution in [0, 0.1) is 0 Å². The van der Waals surface area contributed by atoms with Gasteiger partial charge in [-0.3, -0.25) is 47.7 Å². The predicted octanol–water partition coefficient (Wildman–Crippen LogP) is 3.80. The van der Waals surface area contributed by atoms with Crippen LogP contribution in [0.5, 0.6) is 0 Å². The second-order valence-corrected chi connectivity index (χ2v) is 19.6. The number of ether oxygens (including phenoxy) is 1. The number of carboxylic acids is 1. The average Bonchev–Trinajstić information content (AvgIpc) is 3.87. The van der Waals surface area contributed by atoms with Crippen LogP contribution in [0.1, 0.15) is 68.7 Å². The van der Waals surface area contributed by atoms with Gasteiger partial charge in [-0.15, -0.1) is 22.7 Å². The predicted molar refractivity (Wildman–Crippen MR) is 251 cm³/mol. The first kappa shape index (κ1) is 44.4. The number of fused-ring (bicyclic) bond motifs is 2. The number of carbonyl (C=O) groups excluding carboxylic acids is 3. The molecule has 4 aromatic rings. The Hall–Kier alpha value is -4.66. The van der Waals surface area contributed by atoms with Gasteiger partial charge in [0, 0.05) is 31.0 Å². The maximum absolute atomic E-state index is 13.8. The van der Waals surface area contributed by atoms with Crippen LogP contribution in [0.4, 0.5) is 11.4 Å². The Balaban J connectivity index is 1.28. The molecule has 1 N–H and O–H groups in total. The highest BCUT2D eigenvalue weighted by Crippen LogP contribution is 2.38. The van der Waals surface area contributed by atoms with Gasteiger partial charge in [-0.05, 0) is 91.8 Å². The Kier molecular flexibility index (Phi) is 13.9. The normalized spacial score (nSPS) is 17.7. The summed E-state index contributed by atoms with van der Waals surface area (Å²) in [5, 5.41) is 9.68. The summed E-state index contributed by atoms with van der Waals surface area (Å²) in [6.45, 7) is 6.66. The number of hydrogen-bond acceptors (Lipinski definition) is 14. The monoisotopic (exact) mass is 935 g/mol. The van der Waals surface area contributed by atoms with Crippen LogP contribution in [-0.4, -0.2) is 76.6 Å². The van der Waals surface area contributed by atoms with Gasteiger partial charge in [0.2, 0.25) is 0 Å². The van der Waals surface area contributed by atoms with E-state index in [1.54, 1.807) is 19.1 Å². The largest absolute Gasteiger partial charge is 0.480 e. The molecule has 0 bridgehead atoms. The van der Waals surface area contributed by atoms with E-state index in [-0.39, 0.29) is 34.6 Å². The van der Waals surface area contributed by atoms with Crippen LogP contribution in [0.3, 0.4) is 0 Å². The van der Waals surface area contributed by atoms with Gasteiger partial charge in [-0.25, -0.2) is 0 Å². The molecule has 2 saturated heterocycles. The number of amides is 2. The van der Waals surface area contributed by atoms with Gasteiger partial charge in [0.25, 0.3) is 29.4 Å². The Morgan fingerprint density at radius 1 is 0.738 bits per heavy atom. The maximum atomic E-state index is 13.8. The number of aromatic nitrogens is 2. The van der Waals surface area contributed by atoms with E-state index in [0.717, 1.165) is 117 Å². The zero-order valence-corrected chi connectivity index (χ0v) is 38.4. The maximum Gasteiger partial charge on any atom is 0.323 e. The molecular formula is C42H41N5O8S6. The molecule has 2 fully saturated rings. The van der Waals surface area contributed by atoms with Gasteiger partial charge in [-0.1, -0.05) is 86.3 Å². The van der Waals surface area contributed by atoms with E-state index in [2.05, 4.69) is 36.1 Å². The smallest absolute Gasteiger partial charge is 0.323 e. The van der Waals surface area contributed by atoms with Crippen molar-refractivity contribution in [3.63, 3.8) is 0 Å².